The van der Waals surface area contributed by atoms with E-state index in [1.54, 1.807) is 10.9 Å². The topological polar surface area (TPSA) is 59.3 Å². The Hall–Kier alpha value is -1.72. The highest BCUT2D eigenvalue weighted by Gasteiger charge is 2.02. The zero-order valence-corrected chi connectivity index (χ0v) is 12.0. The van der Waals surface area contributed by atoms with Crippen molar-refractivity contribution in [2.45, 2.75) is 12.7 Å². The molecule has 0 fully saturated rings. The number of nitrogens with zero attached hydrogens (tertiary/aromatic N) is 2. The van der Waals surface area contributed by atoms with Crippen molar-refractivity contribution in [3.05, 3.63) is 42.2 Å². The van der Waals surface area contributed by atoms with Crippen LogP contribution in [0, 0.1) is 0 Å². The summed E-state index contributed by atoms with van der Waals surface area (Å²) in [4.78, 5) is 0. The average molecular weight is 296 g/mol. The minimum atomic E-state index is -0.544. The fourth-order valence-electron chi connectivity index (χ4n) is 1.66. The van der Waals surface area contributed by atoms with Crippen molar-refractivity contribution in [1.29, 1.82) is 0 Å². The van der Waals surface area contributed by atoms with Gasteiger partial charge in [-0.05, 0) is 30.3 Å². The van der Waals surface area contributed by atoms with Gasteiger partial charge in [-0.25, -0.2) is 0 Å². The number of aromatic nitrogens is 2. The number of hydrogen-bond acceptors (Lipinski definition) is 4. The van der Waals surface area contributed by atoms with Gasteiger partial charge in [-0.15, -0.1) is 11.6 Å². The molecule has 0 radical (unpaired) electrons. The number of hydrogen-bond donors (Lipinski definition) is 2. The van der Waals surface area contributed by atoms with E-state index in [9.17, 15) is 5.11 Å². The monoisotopic (exact) mass is 295 g/mol. The van der Waals surface area contributed by atoms with E-state index in [1.165, 1.54) is 0 Å². The van der Waals surface area contributed by atoms with Crippen LogP contribution in [0.5, 0.6) is 5.75 Å². The highest BCUT2D eigenvalue weighted by atomic mass is 35.5. The first kappa shape index (κ1) is 14.7. The van der Waals surface area contributed by atoms with E-state index in [0.717, 1.165) is 17.1 Å². The highest BCUT2D eigenvalue weighted by molar-refractivity contribution is 6.18. The zero-order chi connectivity index (χ0) is 14.4. The van der Waals surface area contributed by atoms with Crippen LogP contribution < -0.4 is 10.1 Å². The van der Waals surface area contributed by atoms with Gasteiger partial charge in [-0.2, -0.15) is 5.10 Å². The lowest BCUT2D eigenvalue weighted by atomic mass is 10.3. The molecular formula is C14H18ClN3O2. The first-order valence-corrected chi connectivity index (χ1v) is 6.90. The Bertz CT molecular complexity index is 527. The minimum absolute atomic E-state index is 0.221. The van der Waals surface area contributed by atoms with E-state index in [0.29, 0.717) is 13.2 Å². The molecule has 0 aliphatic rings. The molecule has 0 aliphatic carbocycles. The molecule has 0 amide bonds. The molecule has 0 saturated heterocycles. The second kappa shape index (κ2) is 7.17. The predicted octanol–water partition coefficient (Wildman–Crippen LogP) is 2.01. The van der Waals surface area contributed by atoms with E-state index >= 15 is 0 Å². The van der Waals surface area contributed by atoms with Gasteiger partial charge in [0.15, 0.2) is 0 Å². The Kier molecular flexibility index (Phi) is 5.26. The average Bonchev–Trinajstić information content (AvgIpc) is 2.89. The summed E-state index contributed by atoms with van der Waals surface area (Å²) in [7, 11) is 1.88. The number of nitrogens with one attached hydrogen (secondary N) is 1. The fourth-order valence-corrected chi connectivity index (χ4v) is 1.77. The molecule has 6 heteroatoms. The van der Waals surface area contributed by atoms with Crippen molar-refractivity contribution in [2.75, 3.05) is 17.7 Å². The number of alkyl halides is 1. The van der Waals surface area contributed by atoms with Gasteiger partial charge in [-0.1, -0.05) is 0 Å². The second-order valence-electron chi connectivity index (χ2n) is 4.45. The number of ether oxygens (including phenoxy) is 1. The number of anilines is 1. The summed E-state index contributed by atoms with van der Waals surface area (Å²) >= 11 is 5.53. The third kappa shape index (κ3) is 4.15. The largest absolute Gasteiger partial charge is 0.487 e. The summed E-state index contributed by atoms with van der Waals surface area (Å²) in [5.41, 5.74) is 1.93. The van der Waals surface area contributed by atoms with Crippen molar-refractivity contribution < 1.29 is 9.84 Å². The molecule has 0 aliphatic heterocycles. The van der Waals surface area contributed by atoms with Gasteiger partial charge in [0.05, 0.1) is 17.7 Å². The van der Waals surface area contributed by atoms with Crippen LogP contribution in [0.15, 0.2) is 36.5 Å². The Labute approximate surface area is 123 Å². The van der Waals surface area contributed by atoms with Crippen LogP contribution >= 0.6 is 11.6 Å². The summed E-state index contributed by atoms with van der Waals surface area (Å²) < 4.78 is 7.46. The van der Waals surface area contributed by atoms with Crippen LogP contribution in [0.2, 0.25) is 0 Å². The van der Waals surface area contributed by atoms with Gasteiger partial charge < -0.3 is 15.2 Å². The molecule has 1 unspecified atom stereocenters. The molecule has 2 N–H and O–H groups in total. The molecule has 1 aromatic heterocycles. The lowest BCUT2D eigenvalue weighted by molar-refractivity contribution is 0.211. The quantitative estimate of drug-likeness (QED) is 0.767. The van der Waals surface area contributed by atoms with E-state index in [2.05, 4.69) is 10.4 Å². The third-order valence-electron chi connectivity index (χ3n) is 2.88. The maximum atomic E-state index is 9.36. The summed E-state index contributed by atoms with van der Waals surface area (Å²) in [6, 6.07) is 9.49. The van der Waals surface area contributed by atoms with Gasteiger partial charge in [0, 0.05) is 25.5 Å². The van der Waals surface area contributed by atoms with Gasteiger partial charge in [-0.3, -0.25) is 4.68 Å². The lowest BCUT2D eigenvalue weighted by Gasteiger charge is -2.11. The van der Waals surface area contributed by atoms with E-state index in [-0.39, 0.29) is 5.88 Å². The van der Waals surface area contributed by atoms with Crippen LogP contribution in [-0.4, -0.2) is 33.4 Å². The maximum absolute atomic E-state index is 9.36. The summed E-state index contributed by atoms with van der Waals surface area (Å²) in [5, 5.41) is 16.5. The zero-order valence-electron chi connectivity index (χ0n) is 11.3. The Morgan fingerprint density at radius 2 is 2.10 bits per heavy atom. The molecule has 0 bridgehead atoms. The molecule has 5 nitrogen and oxygen atoms in total. The summed E-state index contributed by atoms with van der Waals surface area (Å²) in [6.07, 6.45) is 1.20. The molecule has 1 atom stereocenters. The number of halogens is 1. The first-order chi connectivity index (χ1) is 9.69. The van der Waals surface area contributed by atoms with Crippen molar-refractivity contribution in [3.63, 3.8) is 0 Å². The molecular weight excluding hydrogens is 278 g/mol. The highest BCUT2D eigenvalue weighted by Crippen LogP contribution is 2.17. The molecule has 2 aromatic rings. The third-order valence-corrected chi connectivity index (χ3v) is 3.24. The van der Waals surface area contributed by atoms with Gasteiger partial charge in [0.2, 0.25) is 0 Å². The van der Waals surface area contributed by atoms with Gasteiger partial charge in [0.1, 0.15) is 12.4 Å². The van der Waals surface area contributed by atoms with E-state index in [1.807, 2.05) is 37.4 Å². The van der Waals surface area contributed by atoms with Gasteiger partial charge in [0.25, 0.3) is 0 Å². The SMILES string of the molecule is Cn1nccc1COc1ccc(NCC(O)CCl)cc1. The summed E-state index contributed by atoms with van der Waals surface area (Å²) in [6.45, 7) is 0.910. The molecule has 0 saturated carbocycles. The standard InChI is InChI=1S/C14H18ClN3O2/c1-18-12(6-7-17-18)10-20-14-4-2-11(3-5-14)16-9-13(19)8-15/h2-7,13,16,19H,8-10H2,1H3. The first-order valence-electron chi connectivity index (χ1n) is 6.36. The molecule has 108 valence electrons. The van der Waals surface area contributed by atoms with Crippen LogP contribution in [-0.2, 0) is 13.7 Å². The van der Waals surface area contributed by atoms with Crippen LogP contribution in [0.1, 0.15) is 5.69 Å². The fraction of sp³-hybridized carbons (Fsp3) is 0.357. The molecule has 1 aromatic carbocycles. The van der Waals surface area contributed by atoms with E-state index < -0.39 is 6.10 Å². The molecule has 1 heterocycles. The van der Waals surface area contributed by atoms with Crippen molar-refractivity contribution in [1.82, 2.24) is 9.78 Å². The van der Waals surface area contributed by atoms with Crippen molar-refractivity contribution >= 4 is 17.3 Å². The smallest absolute Gasteiger partial charge is 0.130 e. The second-order valence-corrected chi connectivity index (χ2v) is 4.76. The molecule has 20 heavy (non-hydrogen) atoms. The van der Waals surface area contributed by atoms with Crippen LogP contribution in [0.25, 0.3) is 0 Å². The molecule has 2 rings (SSSR count). The van der Waals surface area contributed by atoms with Crippen LogP contribution in [0.3, 0.4) is 0 Å². The van der Waals surface area contributed by atoms with E-state index in [4.69, 9.17) is 16.3 Å². The summed E-state index contributed by atoms with van der Waals surface area (Å²) in [5.74, 6) is 1.01. The number of benzene rings is 1. The Morgan fingerprint density at radius 3 is 2.70 bits per heavy atom. The minimum Gasteiger partial charge on any atom is -0.487 e. The molecule has 0 spiro atoms. The van der Waals surface area contributed by atoms with Gasteiger partial charge >= 0.3 is 0 Å². The van der Waals surface area contributed by atoms with Crippen molar-refractivity contribution in [3.8, 4) is 5.75 Å². The lowest BCUT2D eigenvalue weighted by Crippen LogP contribution is -2.20. The Morgan fingerprint density at radius 1 is 1.35 bits per heavy atom. The number of aliphatic hydroxyl groups is 1. The number of aliphatic hydroxyl groups excluding tert-OH is 1. The Balaban J connectivity index is 1.84. The maximum Gasteiger partial charge on any atom is 0.130 e. The number of rotatable bonds is 7. The van der Waals surface area contributed by atoms with Crippen LogP contribution in [0.4, 0.5) is 5.69 Å². The predicted molar refractivity (Wildman–Crippen MR) is 79.2 cm³/mol. The normalized spacial score (nSPS) is 12.2. The number of aryl methyl sites for hydroxylation is 1. The van der Waals surface area contributed by atoms with Crippen molar-refractivity contribution in [2.24, 2.45) is 7.05 Å².